The molecule has 9 heteroatoms. The average molecular weight is 477 g/mol. The number of nitrogens with zero attached hydrogens (tertiary/aromatic N) is 2. The molecule has 0 fully saturated rings. The van der Waals surface area contributed by atoms with Gasteiger partial charge in [0, 0.05) is 17.1 Å². The smallest absolute Gasteiger partial charge is 0.261 e. The predicted molar refractivity (Wildman–Crippen MR) is 131 cm³/mol. The second-order valence-electron chi connectivity index (χ2n) is 7.83. The Morgan fingerprint density at radius 1 is 1.15 bits per heavy atom. The summed E-state index contributed by atoms with van der Waals surface area (Å²) in [5.74, 6) is 2.70. The van der Waals surface area contributed by atoms with Gasteiger partial charge in [-0.15, -0.1) is 0 Å². The highest BCUT2D eigenvalue weighted by atomic mass is 32.2. The average Bonchev–Trinajstić information content (AvgIpc) is 3.58. The van der Waals surface area contributed by atoms with E-state index in [9.17, 15) is 9.59 Å². The van der Waals surface area contributed by atoms with E-state index in [1.54, 1.807) is 34.8 Å². The van der Waals surface area contributed by atoms with Gasteiger partial charge < -0.3 is 19.8 Å². The molecule has 2 N–H and O–H groups in total. The van der Waals surface area contributed by atoms with E-state index in [4.69, 9.17) is 9.15 Å². The largest absolute Gasteiger partial charge is 0.493 e. The Kier molecular flexibility index (Phi) is 6.27. The quantitative estimate of drug-likeness (QED) is 0.393. The zero-order valence-corrected chi connectivity index (χ0v) is 19.5. The van der Waals surface area contributed by atoms with Crippen molar-refractivity contribution in [3.8, 4) is 5.75 Å². The van der Waals surface area contributed by atoms with Crippen LogP contribution in [0.25, 0.3) is 10.8 Å². The monoisotopic (exact) mass is 476 g/mol. The van der Waals surface area contributed by atoms with Gasteiger partial charge in [-0.05, 0) is 35.9 Å². The van der Waals surface area contributed by atoms with Gasteiger partial charge in [-0.3, -0.25) is 9.59 Å². The van der Waals surface area contributed by atoms with E-state index in [0.29, 0.717) is 29.5 Å². The Morgan fingerprint density at radius 2 is 2.03 bits per heavy atom. The van der Waals surface area contributed by atoms with Gasteiger partial charge in [0.2, 0.25) is 5.91 Å². The molecule has 1 aliphatic heterocycles. The van der Waals surface area contributed by atoms with Crippen molar-refractivity contribution in [2.75, 3.05) is 11.9 Å². The maximum atomic E-state index is 13.6. The highest BCUT2D eigenvalue weighted by molar-refractivity contribution is 7.98. The summed E-state index contributed by atoms with van der Waals surface area (Å²) >= 11 is 1.73. The lowest BCUT2D eigenvalue weighted by molar-refractivity contribution is -0.122. The number of rotatable bonds is 8. The lowest BCUT2D eigenvalue weighted by Gasteiger charge is -2.15. The Bertz CT molecular complexity index is 1350. The van der Waals surface area contributed by atoms with E-state index in [0.717, 1.165) is 33.5 Å². The van der Waals surface area contributed by atoms with Crippen molar-refractivity contribution in [1.82, 2.24) is 15.1 Å². The molecular formula is C25H24N4O4S. The van der Waals surface area contributed by atoms with Gasteiger partial charge in [0.15, 0.2) is 0 Å². The molecule has 0 atom stereocenters. The number of fused-ring (bicyclic) bond motifs is 2. The summed E-state index contributed by atoms with van der Waals surface area (Å²) in [6.45, 7) is 2.61. The summed E-state index contributed by atoms with van der Waals surface area (Å²) < 4.78 is 12.6. The van der Waals surface area contributed by atoms with Crippen LogP contribution in [0.15, 0.2) is 59.2 Å². The fourth-order valence-corrected chi connectivity index (χ4v) is 5.08. The van der Waals surface area contributed by atoms with Crippen molar-refractivity contribution in [1.29, 1.82) is 0 Å². The molecule has 0 aliphatic carbocycles. The van der Waals surface area contributed by atoms with Crippen LogP contribution in [0.1, 0.15) is 34.3 Å². The molecule has 3 heterocycles. The molecule has 0 saturated heterocycles. The Morgan fingerprint density at radius 3 is 2.85 bits per heavy atom. The summed E-state index contributed by atoms with van der Waals surface area (Å²) in [6, 6.07) is 15.0. The number of thioether (sulfide) groups is 1. The second-order valence-corrected chi connectivity index (χ2v) is 8.81. The van der Waals surface area contributed by atoms with Gasteiger partial charge >= 0.3 is 0 Å². The first-order valence-electron chi connectivity index (χ1n) is 11.0. The van der Waals surface area contributed by atoms with Gasteiger partial charge in [0.1, 0.15) is 23.9 Å². The van der Waals surface area contributed by atoms with Crippen LogP contribution < -0.4 is 15.4 Å². The fraction of sp³-hybridized carbons (Fsp3) is 0.240. The normalized spacial score (nSPS) is 12.5. The zero-order chi connectivity index (χ0) is 23.5. The second kappa shape index (κ2) is 9.64. The third-order valence-corrected chi connectivity index (χ3v) is 6.57. The van der Waals surface area contributed by atoms with Gasteiger partial charge in [-0.1, -0.05) is 30.3 Å². The summed E-state index contributed by atoms with van der Waals surface area (Å²) in [5, 5.41) is 12.2. The first-order valence-corrected chi connectivity index (χ1v) is 12.2. The van der Waals surface area contributed by atoms with E-state index in [1.807, 2.05) is 43.3 Å². The molecule has 8 nitrogen and oxygen atoms in total. The summed E-state index contributed by atoms with van der Waals surface area (Å²) in [5.41, 5.74) is 2.31. The molecule has 4 aromatic rings. The minimum Gasteiger partial charge on any atom is -0.493 e. The Labute approximate surface area is 200 Å². The van der Waals surface area contributed by atoms with Crippen LogP contribution in [0.2, 0.25) is 0 Å². The number of hydrogen-bond donors (Lipinski definition) is 2. The van der Waals surface area contributed by atoms with Gasteiger partial charge in [-0.25, -0.2) is 4.68 Å². The lowest BCUT2D eigenvalue weighted by Crippen LogP contribution is -2.28. The molecule has 174 valence electrons. The van der Waals surface area contributed by atoms with Crippen molar-refractivity contribution in [3.05, 3.63) is 77.4 Å². The number of amides is 2. The number of aromatic nitrogens is 2. The van der Waals surface area contributed by atoms with Gasteiger partial charge in [0.25, 0.3) is 5.91 Å². The molecule has 0 radical (unpaired) electrons. The van der Waals surface area contributed by atoms with Gasteiger partial charge in [-0.2, -0.15) is 16.9 Å². The number of ether oxygens (including phenoxy) is 1. The molecular weight excluding hydrogens is 452 g/mol. The first kappa shape index (κ1) is 22.1. The molecule has 34 heavy (non-hydrogen) atoms. The van der Waals surface area contributed by atoms with Crippen LogP contribution in [0.5, 0.6) is 5.75 Å². The Hall–Kier alpha value is -3.72. The van der Waals surface area contributed by atoms with Crippen molar-refractivity contribution >= 4 is 40.2 Å². The van der Waals surface area contributed by atoms with E-state index in [2.05, 4.69) is 15.7 Å². The highest BCUT2D eigenvalue weighted by Gasteiger charge is 2.26. The topological polar surface area (TPSA) is 98.4 Å². The molecule has 2 aromatic carbocycles. The molecule has 0 bridgehead atoms. The molecule has 0 spiro atoms. The van der Waals surface area contributed by atoms with E-state index in [1.165, 1.54) is 0 Å². The molecule has 0 saturated carbocycles. The third kappa shape index (κ3) is 4.38. The van der Waals surface area contributed by atoms with Crippen molar-refractivity contribution in [3.63, 3.8) is 0 Å². The number of benzene rings is 2. The number of nitrogens with one attached hydrogen (secondary N) is 2. The summed E-state index contributed by atoms with van der Waals surface area (Å²) in [4.78, 5) is 26.2. The van der Waals surface area contributed by atoms with Crippen LogP contribution in [0, 0.1) is 0 Å². The SMILES string of the molecule is CCOc1ccc2ccccc2c1C(=O)Nc1c2c(nn1CC(=O)NCc1ccco1)CSC2. The molecule has 5 rings (SSSR count). The first-order chi connectivity index (χ1) is 16.6. The summed E-state index contributed by atoms with van der Waals surface area (Å²) in [7, 11) is 0. The van der Waals surface area contributed by atoms with Crippen LogP contribution in [-0.2, 0) is 29.4 Å². The standard InChI is InChI=1S/C25H24N4O4S/c1-2-32-21-10-9-16-6-3-4-8-18(16)23(21)25(31)27-24-19-14-34-15-20(19)28-29(24)13-22(30)26-12-17-7-5-11-33-17/h3-11H,2,12-15H2,1H3,(H,26,30)(H,27,31). The van der Waals surface area contributed by atoms with Crippen molar-refractivity contribution < 1.29 is 18.7 Å². The molecule has 2 aromatic heterocycles. The number of carbonyl (C=O) groups is 2. The number of carbonyl (C=O) groups excluding carboxylic acids is 2. The molecule has 2 amide bonds. The number of hydrogen-bond acceptors (Lipinski definition) is 6. The molecule has 0 unspecified atom stereocenters. The number of furan rings is 1. The minimum absolute atomic E-state index is 0.0121. The van der Waals surface area contributed by atoms with Crippen LogP contribution in [-0.4, -0.2) is 28.2 Å². The highest BCUT2D eigenvalue weighted by Crippen LogP contribution is 2.36. The van der Waals surface area contributed by atoms with E-state index < -0.39 is 0 Å². The van der Waals surface area contributed by atoms with Crippen molar-refractivity contribution in [2.24, 2.45) is 0 Å². The molecule has 1 aliphatic rings. The number of anilines is 1. The van der Waals surface area contributed by atoms with Crippen LogP contribution >= 0.6 is 11.8 Å². The maximum absolute atomic E-state index is 13.6. The van der Waals surface area contributed by atoms with Crippen LogP contribution in [0.4, 0.5) is 5.82 Å². The van der Waals surface area contributed by atoms with Crippen molar-refractivity contribution in [2.45, 2.75) is 31.5 Å². The fourth-order valence-electron chi connectivity index (χ4n) is 4.04. The van der Waals surface area contributed by atoms with Crippen LogP contribution in [0.3, 0.4) is 0 Å². The van der Waals surface area contributed by atoms with E-state index in [-0.39, 0.29) is 24.9 Å². The minimum atomic E-state index is -0.294. The predicted octanol–water partition coefficient (Wildman–Crippen LogP) is 4.34. The maximum Gasteiger partial charge on any atom is 0.261 e. The lowest BCUT2D eigenvalue weighted by atomic mass is 10.0. The van der Waals surface area contributed by atoms with E-state index >= 15 is 0 Å². The zero-order valence-electron chi connectivity index (χ0n) is 18.7. The Balaban J connectivity index is 1.43. The third-order valence-electron chi connectivity index (χ3n) is 5.60. The van der Waals surface area contributed by atoms with Gasteiger partial charge in [0.05, 0.1) is 30.7 Å². The summed E-state index contributed by atoms with van der Waals surface area (Å²) in [6.07, 6.45) is 1.56.